The van der Waals surface area contributed by atoms with Gasteiger partial charge in [0.15, 0.2) is 0 Å². The fraction of sp³-hybridized carbons (Fsp3) is 0.308. The van der Waals surface area contributed by atoms with Gasteiger partial charge in [-0.3, -0.25) is 4.79 Å². The van der Waals surface area contributed by atoms with Crippen LogP contribution in [0.1, 0.15) is 26.7 Å². The third-order valence-corrected chi connectivity index (χ3v) is 3.75. The highest BCUT2D eigenvalue weighted by atomic mass is 32.1. The Labute approximate surface area is 119 Å². The van der Waals surface area contributed by atoms with Gasteiger partial charge in [0, 0.05) is 5.56 Å². The van der Waals surface area contributed by atoms with Crippen molar-refractivity contribution in [3.05, 3.63) is 34.0 Å². The first-order valence-corrected chi connectivity index (χ1v) is 6.72. The number of nitrogens with one attached hydrogen (secondary N) is 1. The maximum absolute atomic E-state index is 11.9. The Morgan fingerprint density at radius 2 is 2.15 bits per heavy atom. The van der Waals surface area contributed by atoms with E-state index in [1.807, 2.05) is 0 Å². The Kier molecular flexibility index (Phi) is 4.19. The van der Waals surface area contributed by atoms with Crippen LogP contribution in [-0.4, -0.2) is 24.1 Å². The second kappa shape index (κ2) is 5.87. The number of nitrogens with zero attached hydrogens (tertiary/aromatic N) is 1. The van der Waals surface area contributed by atoms with Gasteiger partial charge in [-0.05, 0) is 26.0 Å². The van der Waals surface area contributed by atoms with Gasteiger partial charge in [0.25, 0.3) is 0 Å². The van der Waals surface area contributed by atoms with E-state index in [4.69, 9.17) is 4.52 Å². The molecule has 0 unspecified atom stereocenters. The van der Waals surface area contributed by atoms with Crippen LogP contribution in [0.15, 0.2) is 16.7 Å². The van der Waals surface area contributed by atoms with Gasteiger partial charge in [0.1, 0.15) is 10.6 Å². The van der Waals surface area contributed by atoms with E-state index >= 15 is 0 Å². The molecule has 2 rings (SSSR count). The first-order chi connectivity index (χ1) is 9.51. The van der Waals surface area contributed by atoms with E-state index in [0.717, 1.165) is 5.56 Å². The summed E-state index contributed by atoms with van der Waals surface area (Å²) in [6.07, 6.45) is 0.187. The normalized spacial score (nSPS) is 10.3. The number of amides is 1. The summed E-state index contributed by atoms with van der Waals surface area (Å²) in [6.45, 7) is 3.56. The highest BCUT2D eigenvalue weighted by molar-refractivity contribution is 7.18. The number of thiophene rings is 1. The van der Waals surface area contributed by atoms with Crippen molar-refractivity contribution < 1.29 is 18.8 Å². The SMILES string of the molecule is COC(=O)c1ccc(NC(=O)Cc2c(C)noc2C)s1. The molecule has 0 saturated heterocycles. The number of aryl methyl sites for hydroxylation is 2. The highest BCUT2D eigenvalue weighted by Crippen LogP contribution is 2.23. The van der Waals surface area contributed by atoms with Gasteiger partial charge in [-0.15, -0.1) is 11.3 Å². The lowest BCUT2D eigenvalue weighted by atomic mass is 10.1. The van der Waals surface area contributed by atoms with Crippen molar-refractivity contribution in [2.75, 3.05) is 12.4 Å². The molecule has 0 spiro atoms. The average Bonchev–Trinajstić information content (AvgIpc) is 3.00. The number of hydrogen-bond acceptors (Lipinski definition) is 6. The summed E-state index contributed by atoms with van der Waals surface area (Å²) in [7, 11) is 1.32. The van der Waals surface area contributed by atoms with Crippen molar-refractivity contribution in [1.29, 1.82) is 0 Å². The van der Waals surface area contributed by atoms with E-state index in [1.165, 1.54) is 18.4 Å². The first kappa shape index (κ1) is 14.3. The molecule has 1 amide bonds. The Balaban J connectivity index is 2.02. The molecule has 1 N–H and O–H groups in total. The van der Waals surface area contributed by atoms with Crippen molar-refractivity contribution in [1.82, 2.24) is 5.16 Å². The average molecular weight is 294 g/mol. The number of ether oxygens (including phenoxy) is 1. The van der Waals surface area contributed by atoms with E-state index in [9.17, 15) is 9.59 Å². The predicted octanol–water partition coefficient (Wildman–Crippen LogP) is 2.32. The van der Waals surface area contributed by atoms with Crippen molar-refractivity contribution in [2.24, 2.45) is 0 Å². The molecule has 2 aromatic heterocycles. The van der Waals surface area contributed by atoms with Gasteiger partial charge >= 0.3 is 5.97 Å². The van der Waals surface area contributed by atoms with Crippen molar-refractivity contribution in [3.8, 4) is 0 Å². The Hall–Kier alpha value is -2.15. The number of hydrogen-bond donors (Lipinski definition) is 1. The number of rotatable bonds is 4. The smallest absolute Gasteiger partial charge is 0.348 e. The summed E-state index contributed by atoms with van der Waals surface area (Å²) in [5.41, 5.74) is 1.49. The molecule has 0 aromatic carbocycles. The maximum atomic E-state index is 11.9. The summed E-state index contributed by atoms with van der Waals surface area (Å²) in [5.74, 6) is 0.0398. The molecule has 0 fully saturated rings. The molecule has 0 aliphatic rings. The van der Waals surface area contributed by atoms with Gasteiger partial charge in [-0.25, -0.2) is 4.79 Å². The van der Waals surface area contributed by atoms with E-state index in [1.54, 1.807) is 26.0 Å². The molecule has 0 radical (unpaired) electrons. The lowest BCUT2D eigenvalue weighted by molar-refractivity contribution is -0.115. The lowest BCUT2D eigenvalue weighted by Crippen LogP contribution is -2.14. The van der Waals surface area contributed by atoms with Crippen LogP contribution in [-0.2, 0) is 16.0 Å². The molecule has 7 heteroatoms. The molecular weight excluding hydrogens is 280 g/mol. The Bertz CT molecular complexity index is 625. The molecule has 0 aliphatic heterocycles. The molecule has 2 aromatic rings. The van der Waals surface area contributed by atoms with Crippen LogP contribution < -0.4 is 5.32 Å². The van der Waals surface area contributed by atoms with Gasteiger partial charge in [0.2, 0.25) is 5.91 Å². The van der Waals surface area contributed by atoms with E-state index in [2.05, 4.69) is 15.2 Å². The molecule has 106 valence electrons. The standard InChI is InChI=1S/C13H14N2O4S/c1-7-9(8(2)19-15-7)6-11(16)14-12-5-4-10(20-12)13(17)18-3/h4-5H,6H2,1-3H3,(H,14,16). The number of carbonyl (C=O) groups excluding carboxylic acids is 2. The Morgan fingerprint density at radius 1 is 1.40 bits per heavy atom. The van der Waals surface area contributed by atoms with E-state index in [0.29, 0.717) is 21.3 Å². The van der Waals surface area contributed by atoms with Crippen LogP contribution in [0.5, 0.6) is 0 Å². The third-order valence-electron chi connectivity index (χ3n) is 2.77. The summed E-state index contributed by atoms with van der Waals surface area (Å²) < 4.78 is 9.62. The molecule has 0 saturated carbocycles. The lowest BCUT2D eigenvalue weighted by Gasteiger charge is -2.02. The molecule has 0 aliphatic carbocycles. The molecular formula is C13H14N2O4S. The second-order valence-electron chi connectivity index (χ2n) is 4.18. The minimum absolute atomic E-state index is 0.183. The van der Waals surface area contributed by atoms with Gasteiger partial charge < -0.3 is 14.6 Å². The summed E-state index contributed by atoms with van der Waals surface area (Å²) in [4.78, 5) is 23.7. The van der Waals surface area contributed by atoms with Crippen molar-refractivity contribution >= 4 is 28.2 Å². The molecule has 6 nitrogen and oxygen atoms in total. The molecule has 0 atom stereocenters. The molecule has 20 heavy (non-hydrogen) atoms. The maximum Gasteiger partial charge on any atom is 0.348 e. The van der Waals surface area contributed by atoms with E-state index < -0.39 is 5.97 Å². The number of esters is 1. The van der Waals surface area contributed by atoms with Crippen LogP contribution >= 0.6 is 11.3 Å². The first-order valence-electron chi connectivity index (χ1n) is 5.91. The van der Waals surface area contributed by atoms with Crippen LogP contribution in [0.2, 0.25) is 0 Å². The topological polar surface area (TPSA) is 81.4 Å². The highest BCUT2D eigenvalue weighted by Gasteiger charge is 2.15. The summed E-state index contributed by atoms with van der Waals surface area (Å²) in [6, 6.07) is 3.28. The molecule has 0 bridgehead atoms. The fourth-order valence-corrected chi connectivity index (χ4v) is 2.55. The van der Waals surface area contributed by atoms with Crippen LogP contribution in [0, 0.1) is 13.8 Å². The number of aromatic nitrogens is 1. The summed E-state index contributed by atoms with van der Waals surface area (Å²) >= 11 is 1.17. The summed E-state index contributed by atoms with van der Waals surface area (Å²) in [5, 5.41) is 7.14. The minimum atomic E-state index is -0.416. The van der Waals surface area contributed by atoms with Crippen LogP contribution in [0.3, 0.4) is 0 Å². The fourth-order valence-electron chi connectivity index (χ4n) is 1.71. The van der Waals surface area contributed by atoms with Gasteiger partial charge in [-0.2, -0.15) is 0 Å². The van der Waals surface area contributed by atoms with Crippen LogP contribution in [0.4, 0.5) is 5.00 Å². The molecule has 2 heterocycles. The zero-order valence-electron chi connectivity index (χ0n) is 11.4. The number of anilines is 1. The van der Waals surface area contributed by atoms with Gasteiger partial charge in [-0.1, -0.05) is 5.16 Å². The largest absolute Gasteiger partial charge is 0.465 e. The minimum Gasteiger partial charge on any atom is -0.465 e. The van der Waals surface area contributed by atoms with Crippen molar-refractivity contribution in [3.63, 3.8) is 0 Å². The quantitative estimate of drug-likeness (QED) is 0.875. The zero-order chi connectivity index (χ0) is 14.7. The second-order valence-corrected chi connectivity index (χ2v) is 5.27. The van der Waals surface area contributed by atoms with Crippen LogP contribution in [0.25, 0.3) is 0 Å². The Morgan fingerprint density at radius 3 is 2.75 bits per heavy atom. The number of carbonyl (C=O) groups is 2. The monoisotopic (exact) mass is 294 g/mol. The van der Waals surface area contributed by atoms with E-state index in [-0.39, 0.29) is 12.3 Å². The predicted molar refractivity (Wildman–Crippen MR) is 74.0 cm³/mol. The number of methoxy groups -OCH3 is 1. The van der Waals surface area contributed by atoms with Crippen molar-refractivity contribution in [2.45, 2.75) is 20.3 Å². The third kappa shape index (κ3) is 3.05. The van der Waals surface area contributed by atoms with Gasteiger partial charge in [0.05, 0.1) is 24.2 Å². The zero-order valence-corrected chi connectivity index (χ0v) is 12.2.